The maximum atomic E-state index is 3.20. The lowest BCUT2D eigenvalue weighted by molar-refractivity contribution is 0.269. The zero-order chi connectivity index (χ0) is 11.8. The Morgan fingerprint density at radius 1 is 1.12 bits per heavy atom. The first-order valence-corrected chi connectivity index (χ1v) is 7.06. The van der Waals surface area contributed by atoms with Crippen LogP contribution in [0.25, 0.3) is 0 Å². The molecule has 16 heavy (non-hydrogen) atoms. The summed E-state index contributed by atoms with van der Waals surface area (Å²) in [6.45, 7) is 9.05. The van der Waals surface area contributed by atoms with Gasteiger partial charge < -0.3 is 5.32 Å². The van der Waals surface area contributed by atoms with E-state index in [1.165, 1.54) is 35.7 Å². The molecule has 0 fully saturated rings. The summed E-state index contributed by atoms with van der Waals surface area (Å²) in [6.07, 6.45) is 2.49. The van der Waals surface area contributed by atoms with E-state index in [4.69, 9.17) is 0 Å². The third-order valence-electron chi connectivity index (χ3n) is 2.53. The predicted octanol–water partition coefficient (Wildman–Crippen LogP) is 3.09. The summed E-state index contributed by atoms with van der Waals surface area (Å²) < 4.78 is 0. The molecule has 1 aromatic rings. The Kier molecular flexibility index (Phi) is 6.69. The van der Waals surface area contributed by atoms with Crippen molar-refractivity contribution in [1.82, 2.24) is 10.2 Å². The summed E-state index contributed by atoms with van der Waals surface area (Å²) in [5.41, 5.74) is 0. The lowest BCUT2D eigenvalue weighted by Crippen LogP contribution is -2.24. The van der Waals surface area contributed by atoms with Crippen LogP contribution in [0.4, 0.5) is 0 Å². The molecule has 92 valence electrons. The Morgan fingerprint density at radius 3 is 2.31 bits per heavy atom. The van der Waals surface area contributed by atoms with Crippen molar-refractivity contribution in [3.63, 3.8) is 0 Å². The van der Waals surface area contributed by atoms with Gasteiger partial charge in [0.2, 0.25) is 0 Å². The largest absolute Gasteiger partial charge is 0.315 e. The highest BCUT2D eigenvalue weighted by molar-refractivity contribution is 7.11. The number of rotatable bonds is 8. The summed E-state index contributed by atoms with van der Waals surface area (Å²) in [6, 6.07) is 4.52. The Bertz CT molecular complexity index is 277. The minimum Gasteiger partial charge on any atom is -0.315 e. The van der Waals surface area contributed by atoms with Gasteiger partial charge in [0.25, 0.3) is 0 Å². The highest BCUT2D eigenvalue weighted by Crippen LogP contribution is 2.18. The number of nitrogens with zero attached hydrogens (tertiary/aromatic N) is 1. The maximum Gasteiger partial charge on any atom is 0.0328 e. The second-order valence-corrected chi connectivity index (χ2v) is 5.43. The van der Waals surface area contributed by atoms with Crippen molar-refractivity contribution in [3.05, 3.63) is 21.9 Å². The Morgan fingerprint density at radius 2 is 1.75 bits per heavy atom. The van der Waals surface area contributed by atoms with Gasteiger partial charge in [0.15, 0.2) is 0 Å². The molecule has 0 unspecified atom stereocenters. The third-order valence-corrected chi connectivity index (χ3v) is 3.60. The molecule has 0 aliphatic rings. The van der Waals surface area contributed by atoms with Gasteiger partial charge in [-0.3, -0.25) is 4.90 Å². The molecule has 1 rings (SSSR count). The molecule has 1 aromatic heterocycles. The first-order chi connectivity index (χ1) is 7.80. The molecule has 0 saturated carbocycles. The molecule has 0 aliphatic carbocycles. The van der Waals surface area contributed by atoms with Crippen LogP contribution >= 0.6 is 11.3 Å². The maximum absolute atomic E-state index is 3.20. The van der Waals surface area contributed by atoms with Gasteiger partial charge in [-0.25, -0.2) is 0 Å². The highest BCUT2D eigenvalue weighted by Gasteiger charge is 2.06. The molecule has 0 amide bonds. The molecule has 0 radical (unpaired) electrons. The number of nitrogens with one attached hydrogen (secondary N) is 1. The summed E-state index contributed by atoms with van der Waals surface area (Å²) in [4.78, 5) is 5.48. The zero-order valence-corrected chi connectivity index (χ0v) is 11.6. The van der Waals surface area contributed by atoms with Gasteiger partial charge in [-0.15, -0.1) is 11.3 Å². The van der Waals surface area contributed by atoms with Crippen LogP contribution in [0.1, 0.15) is 36.4 Å². The van der Waals surface area contributed by atoms with E-state index in [0.29, 0.717) is 0 Å². The molecular weight excluding hydrogens is 216 g/mol. The average Bonchev–Trinajstić information content (AvgIpc) is 2.67. The SMILES string of the molecule is CCCN(CCC)Cc1ccc(CNC)s1. The van der Waals surface area contributed by atoms with Crippen LogP contribution in [-0.4, -0.2) is 25.0 Å². The summed E-state index contributed by atoms with van der Waals surface area (Å²) >= 11 is 1.93. The smallest absolute Gasteiger partial charge is 0.0328 e. The van der Waals surface area contributed by atoms with E-state index >= 15 is 0 Å². The second kappa shape index (κ2) is 7.82. The third kappa shape index (κ3) is 4.64. The minimum absolute atomic E-state index is 0.992. The summed E-state index contributed by atoms with van der Waals surface area (Å²) in [5.74, 6) is 0. The Hall–Kier alpha value is -0.380. The van der Waals surface area contributed by atoms with Crippen molar-refractivity contribution < 1.29 is 0 Å². The zero-order valence-electron chi connectivity index (χ0n) is 10.8. The fourth-order valence-electron chi connectivity index (χ4n) is 1.90. The van der Waals surface area contributed by atoms with Crippen molar-refractivity contribution in [2.45, 2.75) is 39.8 Å². The average molecular weight is 240 g/mol. The monoisotopic (exact) mass is 240 g/mol. The van der Waals surface area contributed by atoms with Crippen molar-refractivity contribution in [2.75, 3.05) is 20.1 Å². The van der Waals surface area contributed by atoms with Crippen LogP contribution in [-0.2, 0) is 13.1 Å². The topological polar surface area (TPSA) is 15.3 Å². The molecule has 0 saturated heterocycles. The Balaban J connectivity index is 2.48. The molecule has 1 heterocycles. The first-order valence-electron chi connectivity index (χ1n) is 6.24. The first kappa shape index (κ1) is 13.7. The predicted molar refractivity (Wildman–Crippen MR) is 72.9 cm³/mol. The molecule has 0 spiro atoms. The highest BCUT2D eigenvalue weighted by atomic mass is 32.1. The van der Waals surface area contributed by atoms with E-state index in [1.54, 1.807) is 0 Å². The molecule has 0 aromatic carbocycles. The number of thiophene rings is 1. The van der Waals surface area contributed by atoms with Gasteiger partial charge in [-0.05, 0) is 45.1 Å². The fraction of sp³-hybridized carbons (Fsp3) is 0.692. The van der Waals surface area contributed by atoms with Crippen LogP contribution in [0.15, 0.2) is 12.1 Å². The van der Waals surface area contributed by atoms with E-state index in [-0.39, 0.29) is 0 Å². The van der Waals surface area contributed by atoms with Gasteiger partial charge in [0, 0.05) is 22.8 Å². The molecule has 2 nitrogen and oxygen atoms in total. The second-order valence-electron chi connectivity index (χ2n) is 4.17. The van der Waals surface area contributed by atoms with Gasteiger partial charge in [0.05, 0.1) is 0 Å². The normalized spacial score (nSPS) is 11.2. The van der Waals surface area contributed by atoms with E-state index in [0.717, 1.165) is 13.1 Å². The van der Waals surface area contributed by atoms with Gasteiger partial charge in [-0.2, -0.15) is 0 Å². The molecule has 0 atom stereocenters. The quantitative estimate of drug-likeness (QED) is 0.751. The van der Waals surface area contributed by atoms with E-state index in [9.17, 15) is 0 Å². The standard InChI is InChI=1S/C13H24N2S/c1-4-8-15(9-5-2)11-13-7-6-12(16-13)10-14-3/h6-7,14H,4-5,8-11H2,1-3H3. The lowest BCUT2D eigenvalue weighted by atomic mass is 10.3. The van der Waals surface area contributed by atoms with Crippen molar-refractivity contribution in [1.29, 1.82) is 0 Å². The number of hydrogen-bond donors (Lipinski definition) is 1. The van der Waals surface area contributed by atoms with Crippen molar-refractivity contribution in [3.8, 4) is 0 Å². The van der Waals surface area contributed by atoms with Crippen LogP contribution in [0.3, 0.4) is 0 Å². The molecule has 3 heteroatoms. The number of hydrogen-bond acceptors (Lipinski definition) is 3. The fourth-order valence-corrected chi connectivity index (χ4v) is 2.97. The van der Waals surface area contributed by atoms with Crippen molar-refractivity contribution in [2.24, 2.45) is 0 Å². The van der Waals surface area contributed by atoms with Crippen LogP contribution < -0.4 is 5.32 Å². The van der Waals surface area contributed by atoms with E-state index < -0.39 is 0 Å². The van der Waals surface area contributed by atoms with E-state index in [2.05, 4.69) is 36.2 Å². The van der Waals surface area contributed by atoms with Gasteiger partial charge in [-0.1, -0.05) is 13.8 Å². The molecule has 0 aliphatic heterocycles. The summed E-state index contributed by atoms with van der Waals surface area (Å²) in [7, 11) is 2.00. The molecule has 1 N–H and O–H groups in total. The van der Waals surface area contributed by atoms with Crippen LogP contribution in [0.2, 0.25) is 0 Å². The summed E-state index contributed by atoms with van der Waals surface area (Å²) in [5, 5.41) is 3.20. The minimum atomic E-state index is 0.992. The van der Waals surface area contributed by atoms with Gasteiger partial charge >= 0.3 is 0 Å². The van der Waals surface area contributed by atoms with Crippen LogP contribution in [0.5, 0.6) is 0 Å². The molecule has 0 bridgehead atoms. The molecular formula is C13H24N2S. The Labute approximate surface area is 104 Å². The van der Waals surface area contributed by atoms with Crippen LogP contribution in [0, 0.1) is 0 Å². The van der Waals surface area contributed by atoms with Crippen molar-refractivity contribution >= 4 is 11.3 Å². The lowest BCUT2D eigenvalue weighted by Gasteiger charge is -2.19. The van der Waals surface area contributed by atoms with E-state index in [1.807, 2.05) is 18.4 Å². The van der Waals surface area contributed by atoms with Gasteiger partial charge in [0.1, 0.15) is 0 Å².